The van der Waals surface area contributed by atoms with Crippen LogP contribution in [0.2, 0.25) is 0 Å². The van der Waals surface area contributed by atoms with Gasteiger partial charge in [-0.2, -0.15) is 0 Å². The third kappa shape index (κ3) is 2.99. The van der Waals surface area contributed by atoms with E-state index in [2.05, 4.69) is 5.32 Å². The molecule has 0 aromatic heterocycles. The van der Waals surface area contributed by atoms with E-state index in [0.717, 1.165) is 38.8 Å². The van der Waals surface area contributed by atoms with Crippen molar-refractivity contribution in [3.63, 3.8) is 0 Å². The minimum Gasteiger partial charge on any atom is -0.396 e. The van der Waals surface area contributed by atoms with Gasteiger partial charge in [-0.3, -0.25) is 0 Å². The summed E-state index contributed by atoms with van der Waals surface area (Å²) in [7, 11) is -3.10. The maximum absolute atomic E-state index is 12.4. The van der Waals surface area contributed by atoms with E-state index < -0.39 is 10.0 Å². The van der Waals surface area contributed by atoms with Crippen LogP contribution in [0, 0.1) is 5.92 Å². The zero-order chi connectivity index (χ0) is 12.3. The van der Waals surface area contributed by atoms with Crippen LogP contribution in [0.4, 0.5) is 0 Å². The second-order valence-corrected chi connectivity index (χ2v) is 7.23. The zero-order valence-electron chi connectivity index (χ0n) is 10.1. The number of aliphatic hydroxyl groups is 1. The first-order valence-electron chi connectivity index (χ1n) is 6.45. The first-order valence-corrected chi connectivity index (χ1v) is 7.95. The third-order valence-corrected chi connectivity index (χ3v) is 6.22. The molecule has 0 spiro atoms. The smallest absolute Gasteiger partial charge is 0.217 e. The normalized spacial score (nSPS) is 28.6. The minimum absolute atomic E-state index is 0.159. The first kappa shape index (κ1) is 13.3. The maximum atomic E-state index is 12.4. The van der Waals surface area contributed by atoms with Crippen molar-refractivity contribution in [1.82, 2.24) is 9.62 Å². The summed E-state index contributed by atoms with van der Waals surface area (Å²) in [6, 6.07) is 0. The van der Waals surface area contributed by atoms with Gasteiger partial charge in [0, 0.05) is 19.7 Å². The summed E-state index contributed by atoms with van der Waals surface area (Å²) >= 11 is 0. The average Bonchev–Trinajstić information content (AvgIpc) is 2.80. The van der Waals surface area contributed by atoms with E-state index in [1.165, 1.54) is 0 Å². The molecule has 2 aliphatic heterocycles. The molecule has 6 heteroatoms. The van der Waals surface area contributed by atoms with Crippen molar-refractivity contribution < 1.29 is 13.5 Å². The monoisotopic (exact) mass is 262 g/mol. The van der Waals surface area contributed by atoms with Gasteiger partial charge in [0.25, 0.3) is 0 Å². The number of aliphatic hydroxyl groups excluding tert-OH is 1. The summed E-state index contributed by atoms with van der Waals surface area (Å²) in [5, 5.41) is 11.9. The fourth-order valence-corrected chi connectivity index (χ4v) is 4.78. The van der Waals surface area contributed by atoms with Gasteiger partial charge < -0.3 is 10.4 Å². The van der Waals surface area contributed by atoms with Crippen LogP contribution in [-0.2, 0) is 10.0 Å². The topological polar surface area (TPSA) is 69.6 Å². The van der Waals surface area contributed by atoms with E-state index in [0.29, 0.717) is 19.0 Å². The summed E-state index contributed by atoms with van der Waals surface area (Å²) in [6.07, 6.45) is 3.07. The summed E-state index contributed by atoms with van der Waals surface area (Å²) in [5.74, 6) is 0.344. The van der Waals surface area contributed by atoms with E-state index >= 15 is 0 Å². The molecule has 0 bridgehead atoms. The summed E-state index contributed by atoms with van der Waals surface area (Å²) in [6.45, 7) is 3.01. The highest BCUT2D eigenvalue weighted by molar-refractivity contribution is 7.89. The van der Waals surface area contributed by atoms with Crippen LogP contribution in [0.5, 0.6) is 0 Å². The predicted octanol–water partition coefficient (Wildman–Crippen LogP) is -0.227. The maximum Gasteiger partial charge on any atom is 0.217 e. The Morgan fingerprint density at radius 2 is 1.94 bits per heavy atom. The molecule has 0 amide bonds. The van der Waals surface area contributed by atoms with Crippen molar-refractivity contribution in [3.8, 4) is 0 Å². The molecule has 2 aliphatic rings. The van der Waals surface area contributed by atoms with Gasteiger partial charge in [-0.1, -0.05) is 0 Å². The van der Waals surface area contributed by atoms with E-state index in [-0.39, 0.29) is 11.9 Å². The van der Waals surface area contributed by atoms with Crippen LogP contribution in [0.15, 0.2) is 0 Å². The van der Waals surface area contributed by atoms with E-state index in [1.807, 2.05) is 0 Å². The number of hydrogen-bond donors (Lipinski definition) is 2. The minimum atomic E-state index is -3.10. The van der Waals surface area contributed by atoms with Crippen molar-refractivity contribution in [3.05, 3.63) is 0 Å². The van der Waals surface area contributed by atoms with Gasteiger partial charge in [0.2, 0.25) is 10.0 Å². The Balaban J connectivity index is 1.96. The molecule has 2 heterocycles. The first-order chi connectivity index (χ1) is 8.14. The number of sulfonamides is 1. The molecule has 100 valence electrons. The quantitative estimate of drug-likeness (QED) is 0.734. The molecule has 17 heavy (non-hydrogen) atoms. The SMILES string of the molecule is O=S(=O)(C1CCNCC1)N1CCC(CCO)C1. The Morgan fingerprint density at radius 3 is 2.59 bits per heavy atom. The lowest BCUT2D eigenvalue weighted by atomic mass is 10.1. The Morgan fingerprint density at radius 1 is 1.24 bits per heavy atom. The van der Waals surface area contributed by atoms with Gasteiger partial charge in [-0.05, 0) is 44.7 Å². The molecular formula is C11H22N2O3S. The molecule has 2 N–H and O–H groups in total. The van der Waals surface area contributed by atoms with Crippen LogP contribution < -0.4 is 5.32 Å². The van der Waals surface area contributed by atoms with Gasteiger partial charge in [0.1, 0.15) is 0 Å². The van der Waals surface area contributed by atoms with Crippen molar-refractivity contribution >= 4 is 10.0 Å². The summed E-state index contributed by atoms with van der Waals surface area (Å²) in [4.78, 5) is 0. The predicted molar refractivity (Wildman–Crippen MR) is 66.2 cm³/mol. The fraction of sp³-hybridized carbons (Fsp3) is 1.00. The molecule has 2 fully saturated rings. The molecule has 5 nitrogen and oxygen atoms in total. The third-order valence-electron chi connectivity index (χ3n) is 3.85. The molecule has 0 aliphatic carbocycles. The van der Waals surface area contributed by atoms with Gasteiger partial charge >= 0.3 is 0 Å². The Bertz CT molecular complexity index is 339. The highest BCUT2D eigenvalue weighted by Gasteiger charge is 2.36. The molecule has 2 rings (SSSR count). The van der Waals surface area contributed by atoms with Crippen LogP contribution in [0.1, 0.15) is 25.7 Å². The van der Waals surface area contributed by atoms with Crippen molar-refractivity contribution in [2.75, 3.05) is 32.8 Å². The Hall–Kier alpha value is -0.170. The van der Waals surface area contributed by atoms with Gasteiger partial charge in [-0.15, -0.1) is 0 Å². The van der Waals surface area contributed by atoms with Crippen LogP contribution in [-0.4, -0.2) is 55.9 Å². The van der Waals surface area contributed by atoms with Crippen molar-refractivity contribution in [2.45, 2.75) is 30.9 Å². The molecule has 0 aromatic carbocycles. The Labute approximate surface area is 103 Å². The molecule has 2 saturated heterocycles. The lowest BCUT2D eigenvalue weighted by Gasteiger charge is -2.27. The van der Waals surface area contributed by atoms with Gasteiger partial charge in [0.05, 0.1) is 5.25 Å². The van der Waals surface area contributed by atoms with Crippen molar-refractivity contribution in [1.29, 1.82) is 0 Å². The van der Waals surface area contributed by atoms with Gasteiger partial charge in [0.15, 0.2) is 0 Å². The van der Waals surface area contributed by atoms with E-state index in [9.17, 15) is 8.42 Å². The number of hydrogen-bond acceptors (Lipinski definition) is 4. The zero-order valence-corrected chi connectivity index (χ0v) is 11.0. The Kier molecular flexibility index (Phi) is 4.41. The molecular weight excluding hydrogens is 240 g/mol. The summed E-state index contributed by atoms with van der Waals surface area (Å²) < 4.78 is 26.4. The van der Waals surface area contributed by atoms with E-state index in [4.69, 9.17) is 5.11 Å². The highest BCUT2D eigenvalue weighted by atomic mass is 32.2. The number of piperidine rings is 1. The molecule has 0 aromatic rings. The number of nitrogens with zero attached hydrogens (tertiary/aromatic N) is 1. The van der Waals surface area contributed by atoms with Crippen LogP contribution >= 0.6 is 0 Å². The molecule has 0 saturated carbocycles. The van der Waals surface area contributed by atoms with Crippen LogP contribution in [0.3, 0.4) is 0 Å². The second kappa shape index (κ2) is 5.65. The lowest BCUT2D eigenvalue weighted by Crippen LogP contribution is -2.43. The highest BCUT2D eigenvalue weighted by Crippen LogP contribution is 2.26. The average molecular weight is 262 g/mol. The van der Waals surface area contributed by atoms with E-state index in [1.54, 1.807) is 4.31 Å². The largest absolute Gasteiger partial charge is 0.396 e. The van der Waals surface area contributed by atoms with Gasteiger partial charge in [-0.25, -0.2) is 12.7 Å². The lowest BCUT2D eigenvalue weighted by molar-refractivity contribution is 0.259. The molecule has 0 radical (unpaired) electrons. The number of rotatable bonds is 4. The standard InChI is InChI=1S/C11H22N2O3S/c14-8-4-10-3-7-13(9-10)17(15,16)11-1-5-12-6-2-11/h10-12,14H,1-9H2. The molecule has 1 unspecified atom stereocenters. The number of nitrogens with one attached hydrogen (secondary N) is 1. The van der Waals surface area contributed by atoms with Crippen molar-refractivity contribution in [2.24, 2.45) is 5.92 Å². The van der Waals surface area contributed by atoms with Crippen LogP contribution in [0.25, 0.3) is 0 Å². The molecule has 1 atom stereocenters. The fourth-order valence-electron chi connectivity index (χ4n) is 2.75. The second-order valence-electron chi connectivity index (χ2n) is 5.02. The summed E-state index contributed by atoms with van der Waals surface area (Å²) in [5.41, 5.74) is 0.